The molecule has 53 heavy (non-hydrogen) atoms. The lowest BCUT2D eigenvalue weighted by molar-refractivity contribution is -0.135. The first-order valence-electron chi connectivity index (χ1n) is 17.6. The van der Waals surface area contributed by atoms with Crippen molar-refractivity contribution in [2.24, 2.45) is 4.99 Å². The number of carbonyl (C=O) groups is 2. The zero-order chi connectivity index (χ0) is 37.6. The van der Waals surface area contributed by atoms with Crippen LogP contribution < -0.4 is 10.1 Å². The van der Waals surface area contributed by atoms with Gasteiger partial charge >= 0.3 is 5.97 Å². The van der Waals surface area contributed by atoms with Crippen LogP contribution in [0.4, 0.5) is 5.69 Å². The topological polar surface area (TPSA) is 145 Å². The molecule has 0 aliphatic carbocycles. The molecule has 13 nitrogen and oxygen atoms in total. The summed E-state index contributed by atoms with van der Waals surface area (Å²) in [6.07, 6.45) is 0.115. The van der Waals surface area contributed by atoms with Gasteiger partial charge in [-0.05, 0) is 69.7 Å². The number of aryl methyl sites for hydroxylation is 2. The Labute approximate surface area is 318 Å². The zero-order valence-electron chi connectivity index (χ0n) is 30.5. The van der Waals surface area contributed by atoms with Gasteiger partial charge in [0, 0.05) is 33.3 Å². The van der Waals surface area contributed by atoms with Crippen molar-refractivity contribution in [3.05, 3.63) is 86.8 Å². The van der Waals surface area contributed by atoms with Gasteiger partial charge in [0.25, 0.3) is 0 Å². The molecular formula is C38H46ClN5O8S. The Bertz CT molecular complexity index is 1830. The number of esters is 1. The molecule has 0 saturated heterocycles. The molecule has 0 bridgehead atoms. The third kappa shape index (κ3) is 11.5. The Morgan fingerprint density at radius 2 is 1.42 bits per heavy atom. The summed E-state index contributed by atoms with van der Waals surface area (Å²) in [4.78, 5) is 32.1. The van der Waals surface area contributed by atoms with Crippen molar-refractivity contribution < 1.29 is 38.0 Å². The van der Waals surface area contributed by atoms with Crippen LogP contribution in [0, 0.1) is 20.8 Å². The molecule has 1 amide bonds. The fourth-order valence-electron chi connectivity index (χ4n) is 5.49. The molecule has 0 fully saturated rings. The molecule has 0 spiro atoms. The van der Waals surface area contributed by atoms with E-state index in [1.807, 2.05) is 42.7 Å². The number of halogens is 1. The number of hydrogen-bond donors (Lipinski definition) is 1. The third-order valence-electron chi connectivity index (χ3n) is 8.25. The van der Waals surface area contributed by atoms with Gasteiger partial charge < -0.3 is 33.7 Å². The van der Waals surface area contributed by atoms with Crippen LogP contribution in [0.25, 0.3) is 5.00 Å². The number of thiophene rings is 1. The van der Waals surface area contributed by atoms with E-state index >= 15 is 0 Å². The summed E-state index contributed by atoms with van der Waals surface area (Å²) in [5, 5.41) is 13.4. The molecule has 15 heteroatoms. The van der Waals surface area contributed by atoms with Gasteiger partial charge in [0.2, 0.25) is 5.91 Å². The average molecular weight is 768 g/mol. The van der Waals surface area contributed by atoms with Crippen molar-refractivity contribution >= 4 is 46.2 Å². The van der Waals surface area contributed by atoms with Gasteiger partial charge in [-0.3, -0.25) is 19.1 Å². The van der Waals surface area contributed by atoms with Gasteiger partial charge in [0.1, 0.15) is 22.6 Å². The number of anilines is 1. The summed E-state index contributed by atoms with van der Waals surface area (Å²) in [6.45, 7) is 12.7. The molecule has 2 aromatic heterocycles. The minimum Gasteiger partial charge on any atom is -0.426 e. The van der Waals surface area contributed by atoms with Crippen LogP contribution in [0.5, 0.6) is 5.75 Å². The number of hydrogen-bond acceptors (Lipinski definition) is 12. The average Bonchev–Trinajstić information content (AvgIpc) is 3.62. The molecule has 3 heterocycles. The van der Waals surface area contributed by atoms with E-state index in [2.05, 4.69) is 29.4 Å². The number of carbonyl (C=O) groups excluding carboxylic acids is 2. The predicted octanol–water partition coefficient (Wildman–Crippen LogP) is 6.23. The second kappa shape index (κ2) is 20.4. The lowest BCUT2D eigenvalue weighted by Gasteiger charge is -2.13. The van der Waals surface area contributed by atoms with Crippen LogP contribution in [-0.2, 0) is 33.3 Å². The number of nitrogens with zero attached hydrogens (tertiary/aromatic N) is 4. The largest absolute Gasteiger partial charge is 0.426 e. The Morgan fingerprint density at radius 3 is 2.04 bits per heavy atom. The number of aromatic nitrogens is 3. The van der Waals surface area contributed by atoms with E-state index in [0.717, 1.165) is 33.2 Å². The van der Waals surface area contributed by atoms with Crippen molar-refractivity contribution in [2.75, 3.05) is 71.4 Å². The van der Waals surface area contributed by atoms with Gasteiger partial charge in [-0.15, -0.1) is 21.5 Å². The number of fused-ring (bicyclic) bond motifs is 3. The van der Waals surface area contributed by atoms with E-state index in [-0.39, 0.29) is 25.4 Å². The minimum absolute atomic E-state index is 0.0307. The molecule has 0 radical (unpaired) electrons. The first kappa shape index (κ1) is 40.2. The molecule has 284 valence electrons. The molecular weight excluding hydrogens is 722 g/mol. The second-order valence-corrected chi connectivity index (χ2v) is 13.7. The van der Waals surface area contributed by atoms with Crippen LogP contribution in [0.15, 0.2) is 53.5 Å². The van der Waals surface area contributed by atoms with Crippen molar-refractivity contribution in [1.29, 1.82) is 0 Å². The highest BCUT2D eigenvalue weighted by atomic mass is 35.5. The van der Waals surface area contributed by atoms with Crippen molar-refractivity contribution in [2.45, 2.75) is 46.6 Å². The van der Waals surface area contributed by atoms with Crippen LogP contribution >= 0.6 is 22.9 Å². The Balaban J connectivity index is 1.06. The highest BCUT2D eigenvalue weighted by Crippen LogP contribution is 2.39. The minimum atomic E-state index is -0.601. The number of benzene rings is 2. The first-order chi connectivity index (χ1) is 25.7. The molecule has 4 aromatic rings. The summed E-state index contributed by atoms with van der Waals surface area (Å²) >= 11 is 7.87. The van der Waals surface area contributed by atoms with Crippen LogP contribution in [0.1, 0.15) is 59.0 Å². The van der Waals surface area contributed by atoms with Crippen molar-refractivity contribution in [3.63, 3.8) is 0 Å². The van der Waals surface area contributed by atoms with Crippen molar-refractivity contribution in [1.82, 2.24) is 14.8 Å². The van der Waals surface area contributed by atoms with Gasteiger partial charge in [-0.2, -0.15) is 0 Å². The Morgan fingerprint density at radius 1 is 0.811 bits per heavy atom. The fraction of sp³-hybridized carbons (Fsp3) is 0.447. The molecule has 2 aromatic carbocycles. The molecule has 1 atom stereocenters. The van der Waals surface area contributed by atoms with E-state index in [1.54, 1.807) is 35.6 Å². The summed E-state index contributed by atoms with van der Waals surface area (Å²) in [5.74, 6) is 0.990. The number of nitrogens with one attached hydrogen (secondary N) is 1. The maximum atomic E-state index is 13.4. The molecule has 5 rings (SSSR count). The van der Waals surface area contributed by atoms with Gasteiger partial charge in [0.15, 0.2) is 5.82 Å². The van der Waals surface area contributed by atoms with E-state index in [1.165, 1.54) is 4.88 Å². The second-order valence-electron chi connectivity index (χ2n) is 12.1. The van der Waals surface area contributed by atoms with E-state index in [0.29, 0.717) is 81.7 Å². The Kier molecular flexibility index (Phi) is 15.5. The SMILES string of the molecule is CCOCCOCCOCCOCCOCCC(=O)Oc1ccc(NC(=O)C[C@H]2N=C(c3ccc(Cl)cc3)c3c(sc(C)c3C)-n3c(C)nnc32)cc1. The molecule has 1 N–H and O–H groups in total. The van der Waals surface area contributed by atoms with E-state index < -0.39 is 12.0 Å². The van der Waals surface area contributed by atoms with Gasteiger partial charge in [-0.25, -0.2) is 0 Å². The lowest BCUT2D eigenvalue weighted by Crippen LogP contribution is -2.17. The number of ether oxygens (including phenoxy) is 6. The van der Waals surface area contributed by atoms with Crippen LogP contribution in [0.2, 0.25) is 5.02 Å². The first-order valence-corrected chi connectivity index (χ1v) is 18.8. The summed E-state index contributed by atoms with van der Waals surface area (Å²) in [7, 11) is 0. The monoisotopic (exact) mass is 767 g/mol. The van der Waals surface area contributed by atoms with E-state index in [9.17, 15) is 9.59 Å². The normalized spacial score (nSPS) is 13.6. The standard InChI is InChI=1S/C38H46ClN5O8S/c1-5-47-16-17-49-20-21-51-23-22-50-19-18-48-15-14-34(46)52-31-12-10-30(11-13-31)40-33(45)24-32-37-43-42-27(4)44(37)38-35(25(2)26(3)53-38)36(41-32)28-6-8-29(39)9-7-28/h6-13,32H,5,14-24H2,1-4H3,(H,40,45)/t32-/m1/s1. The van der Waals surface area contributed by atoms with Crippen LogP contribution in [0.3, 0.4) is 0 Å². The fourth-order valence-corrected chi connectivity index (χ4v) is 6.83. The van der Waals surface area contributed by atoms with E-state index in [4.69, 9.17) is 45.0 Å². The van der Waals surface area contributed by atoms with Gasteiger partial charge in [-0.1, -0.05) is 23.7 Å². The zero-order valence-corrected chi connectivity index (χ0v) is 32.1. The predicted molar refractivity (Wildman–Crippen MR) is 203 cm³/mol. The number of rotatable bonds is 21. The molecule has 1 aliphatic rings. The van der Waals surface area contributed by atoms with Crippen LogP contribution in [-0.4, -0.2) is 98.4 Å². The lowest BCUT2D eigenvalue weighted by atomic mass is 9.99. The smallest absolute Gasteiger partial charge is 0.313 e. The maximum absolute atomic E-state index is 13.4. The summed E-state index contributed by atoms with van der Waals surface area (Å²) in [5.41, 5.74) is 4.34. The highest BCUT2D eigenvalue weighted by Gasteiger charge is 2.32. The maximum Gasteiger partial charge on any atom is 0.313 e. The third-order valence-corrected chi connectivity index (χ3v) is 9.69. The van der Waals surface area contributed by atoms with Crippen molar-refractivity contribution in [3.8, 4) is 10.8 Å². The molecule has 1 aliphatic heterocycles. The Hall–Kier alpha value is -4.02. The quantitative estimate of drug-likeness (QED) is 0.0589. The summed E-state index contributed by atoms with van der Waals surface area (Å²) < 4.78 is 34.4. The highest BCUT2D eigenvalue weighted by molar-refractivity contribution is 7.15. The molecule has 0 saturated carbocycles. The summed E-state index contributed by atoms with van der Waals surface area (Å²) in [6, 6.07) is 13.6. The van der Waals surface area contributed by atoms with Gasteiger partial charge in [0.05, 0.1) is 78.0 Å². The number of aliphatic imine (C=N–C) groups is 1. The molecule has 0 unspecified atom stereocenters. The number of amides is 1.